The third kappa shape index (κ3) is 4.40. The molecule has 158 valence electrons. The summed E-state index contributed by atoms with van der Waals surface area (Å²) in [5.41, 5.74) is 2.26. The number of anilines is 2. The van der Waals surface area contributed by atoms with Gasteiger partial charge in [-0.1, -0.05) is 25.1 Å². The van der Waals surface area contributed by atoms with Gasteiger partial charge in [0.05, 0.1) is 16.2 Å². The number of amides is 1. The number of piperidine rings is 1. The summed E-state index contributed by atoms with van der Waals surface area (Å²) in [6.45, 7) is 5.22. The topological polar surface area (TPSA) is 78.7 Å². The number of carbonyl (C=O) groups is 1. The molecule has 2 aliphatic rings. The van der Waals surface area contributed by atoms with E-state index >= 15 is 0 Å². The summed E-state index contributed by atoms with van der Waals surface area (Å²) in [6.07, 6.45) is 2.99. The summed E-state index contributed by atoms with van der Waals surface area (Å²) in [7, 11) is 0. The van der Waals surface area contributed by atoms with Gasteiger partial charge in [0.2, 0.25) is 0 Å². The Morgan fingerprint density at radius 3 is 2.50 bits per heavy atom. The number of carbonyl (C=O) groups excluding carboxylic acids is 1. The standard InChI is InChI=1S/C23H28N4O3/c1-17-9-12-25(13-10-17)22-8-7-20(27(29)30)15-21(22)23(28)26-14-11-19(16-26)24-18-5-3-2-4-6-18/h2-8,15,17,19,24H,9-14,16H2,1H3. The van der Waals surface area contributed by atoms with E-state index in [4.69, 9.17) is 0 Å². The first-order chi connectivity index (χ1) is 14.5. The molecule has 1 amide bonds. The number of nitro groups is 1. The van der Waals surface area contributed by atoms with Crippen molar-refractivity contribution in [1.82, 2.24) is 4.90 Å². The molecule has 2 heterocycles. The highest BCUT2D eigenvalue weighted by molar-refractivity contribution is 6.00. The second kappa shape index (κ2) is 8.73. The predicted molar refractivity (Wildman–Crippen MR) is 118 cm³/mol. The van der Waals surface area contributed by atoms with E-state index in [-0.39, 0.29) is 17.6 Å². The van der Waals surface area contributed by atoms with Crippen LogP contribution in [0.4, 0.5) is 17.1 Å². The van der Waals surface area contributed by atoms with E-state index in [9.17, 15) is 14.9 Å². The third-order valence-electron chi connectivity index (χ3n) is 6.17. The number of rotatable bonds is 5. The van der Waals surface area contributed by atoms with Gasteiger partial charge < -0.3 is 15.1 Å². The van der Waals surface area contributed by atoms with E-state index in [2.05, 4.69) is 17.1 Å². The molecule has 2 aromatic carbocycles. The highest BCUT2D eigenvalue weighted by Gasteiger charge is 2.31. The van der Waals surface area contributed by atoms with Crippen LogP contribution in [0.2, 0.25) is 0 Å². The van der Waals surface area contributed by atoms with Crippen LogP contribution in [0.15, 0.2) is 48.5 Å². The number of non-ortho nitro benzene ring substituents is 1. The maximum Gasteiger partial charge on any atom is 0.270 e. The molecule has 1 unspecified atom stereocenters. The smallest absolute Gasteiger partial charge is 0.270 e. The minimum atomic E-state index is -0.428. The molecular weight excluding hydrogens is 380 g/mol. The highest BCUT2D eigenvalue weighted by Crippen LogP contribution is 2.31. The Bertz CT molecular complexity index is 910. The SMILES string of the molecule is CC1CCN(c2ccc([N+](=O)[O-])cc2C(=O)N2CCC(Nc3ccccc3)C2)CC1. The molecule has 2 aliphatic heterocycles. The van der Waals surface area contributed by atoms with Crippen LogP contribution in [-0.4, -0.2) is 48.0 Å². The van der Waals surface area contributed by atoms with Crippen molar-refractivity contribution in [2.45, 2.75) is 32.2 Å². The Kier molecular flexibility index (Phi) is 5.88. The predicted octanol–water partition coefficient (Wildman–Crippen LogP) is 4.16. The lowest BCUT2D eigenvalue weighted by Gasteiger charge is -2.33. The summed E-state index contributed by atoms with van der Waals surface area (Å²) in [5.74, 6) is 0.548. The van der Waals surface area contributed by atoms with Gasteiger partial charge in [0.1, 0.15) is 0 Å². The Morgan fingerprint density at radius 1 is 1.07 bits per heavy atom. The number of hydrogen-bond donors (Lipinski definition) is 1. The normalized spacial score (nSPS) is 19.7. The van der Waals surface area contributed by atoms with Gasteiger partial charge in [-0.25, -0.2) is 0 Å². The van der Waals surface area contributed by atoms with E-state index in [1.165, 1.54) is 12.1 Å². The molecule has 7 heteroatoms. The quantitative estimate of drug-likeness (QED) is 0.594. The van der Waals surface area contributed by atoms with Crippen molar-refractivity contribution in [3.8, 4) is 0 Å². The number of nitro benzene ring substituents is 1. The zero-order valence-corrected chi connectivity index (χ0v) is 17.3. The summed E-state index contributed by atoms with van der Waals surface area (Å²) < 4.78 is 0. The number of nitrogens with one attached hydrogen (secondary N) is 1. The molecule has 0 radical (unpaired) electrons. The van der Waals surface area contributed by atoms with E-state index < -0.39 is 4.92 Å². The monoisotopic (exact) mass is 408 g/mol. The van der Waals surface area contributed by atoms with Crippen LogP contribution in [0.25, 0.3) is 0 Å². The molecule has 2 saturated heterocycles. The van der Waals surface area contributed by atoms with Crippen molar-refractivity contribution in [3.05, 3.63) is 64.2 Å². The molecule has 1 atom stereocenters. The maximum atomic E-state index is 13.4. The Morgan fingerprint density at radius 2 is 1.80 bits per heavy atom. The van der Waals surface area contributed by atoms with Crippen LogP contribution >= 0.6 is 0 Å². The van der Waals surface area contributed by atoms with Crippen LogP contribution < -0.4 is 10.2 Å². The molecule has 0 bridgehead atoms. The van der Waals surface area contributed by atoms with Crippen molar-refractivity contribution in [3.63, 3.8) is 0 Å². The van der Waals surface area contributed by atoms with Gasteiger partial charge in [0, 0.05) is 50.0 Å². The lowest BCUT2D eigenvalue weighted by atomic mass is 9.97. The van der Waals surface area contributed by atoms with Gasteiger partial charge in [-0.05, 0) is 43.4 Å². The Balaban J connectivity index is 1.53. The number of likely N-dealkylation sites (tertiary alicyclic amines) is 1. The fourth-order valence-corrected chi connectivity index (χ4v) is 4.34. The van der Waals surface area contributed by atoms with Gasteiger partial charge in [-0.2, -0.15) is 0 Å². The summed E-state index contributed by atoms with van der Waals surface area (Å²) in [6, 6.07) is 14.8. The molecule has 2 fully saturated rings. The zero-order valence-electron chi connectivity index (χ0n) is 17.3. The van der Waals surface area contributed by atoms with Crippen molar-refractivity contribution in [2.24, 2.45) is 5.92 Å². The van der Waals surface area contributed by atoms with Gasteiger partial charge in [-0.15, -0.1) is 0 Å². The number of nitrogens with zero attached hydrogens (tertiary/aromatic N) is 3. The van der Waals surface area contributed by atoms with Crippen molar-refractivity contribution >= 4 is 23.0 Å². The highest BCUT2D eigenvalue weighted by atomic mass is 16.6. The first-order valence-corrected chi connectivity index (χ1v) is 10.7. The lowest BCUT2D eigenvalue weighted by Crippen LogP contribution is -2.36. The second-order valence-corrected chi connectivity index (χ2v) is 8.38. The van der Waals surface area contributed by atoms with Crippen LogP contribution in [-0.2, 0) is 0 Å². The van der Waals surface area contributed by atoms with Gasteiger partial charge in [0.25, 0.3) is 11.6 Å². The second-order valence-electron chi connectivity index (χ2n) is 8.38. The first kappa shape index (κ1) is 20.2. The van der Waals surface area contributed by atoms with Crippen molar-refractivity contribution in [1.29, 1.82) is 0 Å². The average Bonchev–Trinajstić information content (AvgIpc) is 3.22. The number of hydrogen-bond acceptors (Lipinski definition) is 5. The molecular formula is C23H28N4O3. The molecule has 0 aromatic heterocycles. The summed E-state index contributed by atoms with van der Waals surface area (Å²) in [4.78, 5) is 28.3. The van der Waals surface area contributed by atoms with E-state index in [1.54, 1.807) is 6.07 Å². The van der Waals surface area contributed by atoms with Crippen molar-refractivity contribution < 1.29 is 9.72 Å². The molecule has 30 heavy (non-hydrogen) atoms. The van der Waals surface area contributed by atoms with Crippen LogP contribution in [0, 0.1) is 16.0 Å². The van der Waals surface area contributed by atoms with E-state index in [0.29, 0.717) is 24.6 Å². The van der Waals surface area contributed by atoms with Crippen LogP contribution in [0.1, 0.15) is 36.5 Å². The Hall–Kier alpha value is -3.09. The minimum absolute atomic E-state index is 0.0364. The molecule has 1 N–H and O–H groups in total. The van der Waals surface area contributed by atoms with E-state index in [0.717, 1.165) is 43.7 Å². The maximum absolute atomic E-state index is 13.4. The van der Waals surface area contributed by atoms with E-state index in [1.807, 2.05) is 35.2 Å². The summed E-state index contributed by atoms with van der Waals surface area (Å²) >= 11 is 0. The first-order valence-electron chi connectivity index (χ1n) is 10.7. The molecule has 0 spiro atoms. The zero-order chi connectivity index (χ0) is 21.1. The average molecular weight is 409 g/mol. The van der Waals surface area contributed by atoms with Crippen molar-refractivity contribution in [2.75, 3.05) is 36.4 Å². The minimum Gasteiger partial charge on any atom is -0.380 e. The Labute approximate surface area is 176 Å². The molecule has 4 rings (SSSR count). The molecule has 7 nitrogen and oxygen atoms in total. The largest absolute Gasteiger partial charge is 0.380 e. The number of para-hydroxylation sites is 1. The fraction of sp³-hybridized carbons (Fsp3) is 0.435. The summed E-state index contributed by atoms with van der Waals surface area (Å²) in [5, 5.41) is 14.8. The fourth-order valence-electron chi connectivity index (χ4n) is 4.34. The van der Waals surface area contributed by atoms with Gasteiger partial charge in [0.15, 0.2) is 0 Å². The molecule has 0 saturated carbocycles. The van der Waals surface area contributed by atoms with Gasteiger partial charge >= 0.3 is 0 Å². The lowest BCUT2D eigenvalue weighted by molar-refractivity contribution is -0.384. The molecule has 2 aromatic rings. The number of benzene rings is 2. The van der Waals surface area contributed by atoms with Gasteiger partial charge in [-0.3, -0.25) is 14.9 Å². The van der Waals surface area contributed by atoms with Crippen LogP contribution in [0.5, 0.6) is 0 Å². The third-order valence-corrected chi connectivity index (χ3v) is 6.17. The van der Waals surface area contributed by atoms with Crippen LogP contribution in [0.3, 0.4) is 0 Å². The molecule has 0 aliphatic carbocycles.